The van der Waals surface area contributed by atoms with Crippen LogP contribution in [0.1, 0.15) is 44.9 Å². The maximum Gasteiger partial charge on any atom is 0.135 e. The minimum Gasteiger partial charge on any atom is -0.396 e. The number of nitrogens with zero attached hydrogens (tertiary/aromatic N) is 2. The fourth-order valence-electron chi connectivity index (χ4n) is 2.40. The van der Waals surface area contributed by atoms with Gasteiger partial charge < -0.3 is 10.4 Å². The molecule has 0 aromatic carbocycles. The molecule has 100 valence electrons. The van der Waals surface area contributed by atoms with E-state index >= 15 is 0 Å². The van der Waals surface area contributed by atoms with Crippen molar-refractivity contribution in [3.8, 4) is 0 Å². The van der Waals surface area contributed by atoms with E-state index in [-0.39, 0.29) is 12.5 Å². The average molecular weight is 270 g/mol. The molecule has 1 fully saturated rings. The second kappa shape index (κ2) is 5.85. The zero-order valence-electron chi connectivity index (χ0n) is 10.9. The lowest BCUT2D eigenvalue weighted by Crippen LogP contribution is -2.27. The van der Waals surface area contributed by atoms with Gasteiger partial charge in [-0.15, -0.1) is 0 Å². The highest BCUT2D eigenvalue weighted by Gasteiger charge is 2.26. The normalized spacial score (nSPS) is 23.6. The van der Waals surface area contributed by atoms with E-state index in [1.54, 1.807) is 6.07 Å². The first kappa shape index (κ1) is 13.6. The molecule has 2 unspecified atom stereocenters. The number of rotatable bonds is 4. The van der Waals surface area contributed by atoms with Crippen LogP contribution in [0.3, 0.4) is 0 Å². The van der Waals surface area contributed by atoms with Crippen molar-refractivity contribution in [1.29, 1.82) is 0 Å². The van der Waals surface area contributed by atoms with Crippen LogP contribution in [0.4, 0.5) is 5.82 Å². The van der Waals surface area contributed by atoms with Gasteiger partial charge in [0.15, 0.2) is 0 Å². The van der Waals surface area contributed by atoms with Crippen molar-refractivity contribution in [2.45, 2.75) is 45.1 Å². The fraction of sp³-hybridized carbons (Fsp3) is 0.692. The molecule has 1 aliphatic carbocycles. The van der Waals surface area contributed by atoms with E-state index in [1.807, 2.05) is 13.8 Å². The molecule has 1 aliphatic rings. The van der Waals surface area contributed by atoms with Gasteiger partial charge in [0.05, 0.1) is 0 Å². The molecular weight excluding hydrogens is 250 g/mol. The second-order valence-electron chi connectivity index (χ2n) is 5.21. The van der Waals surface area contributed by atoms with Gasteiger partial charge in [0, 0.05) is 30.6 Å². The van der Waals surface area contributed by atoms with Crippen LogP contribution < -0.4 is 5.32 Å². The third-order valence-corrected chi connectivity index (χ3v) is 3.65. The first-order valence-electron chi connectivity index (χ1n) is 6.52. The van der Waals surface area contributed by atoms with Crippen LogP contribution in [0.5, 0.6) is 0 Å². The highest BCUT2D eigenvalue weighted by molar-refractivity contribution is 6.29. The molecule has 0 saturated heterocycles. The average Bonchev–Trinajstić information content (AvgIpc) is 2.75. The largest absolute Gasteiger partial charge is 0.396 e. The number of hydrogen-bond donors (Lipinski definition) is 2. The van der Waals surface area contributed by atoms with Crippen molar-refractivity contribution in [1.82, 2.24) is 9.97 Å². The first-order chi connectivity index (χ1) is 8.60. The Kier molecular flexibility index (Phi) is 4.40. The van der Waals surface area contributed by atoms with Gasteiger partial charge in [0.25, 0.3) is 0 Å². The summed E-state index contributed by atoms with van der Waals surface area (Å²) in [5.41, 5.74) is 0. The summed E-state index contributed by atoms with van der Waals surface area (Å²) in [4.78, 5) is 8.69. The lowest BCUT2D eigenvalue weighted by molar-refractivity contribution is 0.222. The molecule has 18 heavy (non-hydrogen) atoms. The number of halogens is 1. The van der Waals surface area contributed by atoms with Crippen molar-refractivity contribution < 1.29 is 5.11 Å². The Bertz CT molecular complexity index is 411. The van der Waals surface area contributed by atoms with Gasteiger partial charge in [-0.05, 0) is 12.8 Å². The van der Waals surface area contributed by atoms with Crippen LogP contribution in [0.15, 0.2) is 6.07 Å². The van der Waals surface area contributed by atoms with Crippen molar-refractivity contribution in [2.24, 2.45) is 5.92 Å². The topological polar surface area (TPSA) is 58.0 Å². The third-order valence-electron chi connectivity index (χ3n) is 3.46. The van der Waals surface area contributed by atoms with Gasteiger partial charge in [0.2, 0.25) is 0 Å². The molecular formula is C13H20ClN3O. The van der Waals surface area contributed by atoms with E-state index < -0.39 is 0 Å². The summed E-state index contributed by atoms with van der Waals surface area (Å²) in [5, 5.41) is 13.2. The van der Waals surface area contributed by atoms with Gasteiger partial charge in [-0.1, -0.05) is 31.9 Å². The Hall–Kier alpha value is -0.870. The Morgan fingerprint density at radius 1 is 1.44 bits per heavy atom. The van der Waals surface area contributed by atoms with Crippen LogP contribution in [0.2, 0.25) is 5.15 Å². The van der Waals surface area contributed by atoms with E-state index in [2.05, 4.69) is 15.3 Å². The van der Waals surface area contributed by atoms with Crippen molar-refractivity contribution in [2.75, 3.05) is 11.9 Å². The van der Waals surface area contributed by atoms with Gasteiger partial charge in [-0.3, -0.25) is 0 Å². The number of hydrogen-bond acceptors (Lipinski definition) is 4. The zero-order chi connectivity index (χ0) is 13.1. The summed E-state index contributed by atoms with van der Waals surface area (Å²) in [6, 6.07) is 2.04. The maximum atomic E-state index is 9.31. The Morgan fingerprint density at radius 3 is 2.89 bits per heavy atom. The highest BCUT2D eigenvalue weighted by Crippen LogP contribution is 2.28. The lowest BCUT2D eigenvalue weighted by atomic mass is 10.1. The van der Waals surface area contributed by atoms with E-state index in [9.17, 15) is 5.11 Å². The maximum absolute atomic E-state index is 9.31. The molecule has 4 nitrogen and oxygen atoms in total. The second-order valence-corrected chi connectivity index (χ2v) is 5.60. The standard InChI is InChI=1S/C13H20ClN3O/c1-8(2)13-16-11(14)6-12(17-13)15-10-5-3-4-9(10)7-18/h6,8-10,18H,3-5,7H2,1-2H3,(H,15,16,17). The van der Waals surface area contributed by atoms with Crippen LogP contribution >= 0.6 is 11.6 Å². The minimum atomic E-state index is 0.230. The van der Waals surface area contributed by atoms with Gasteiger partial charge in [-0.25, -0.2) is 9.97 Å². The zero-order valence-corrected chi connectivity index (χ0v) is 11.6. The van der Waals surface area contributed by atoms with Crippen molar-refractivity contribution >= 4 is 17.4 Å². The monoisotopic (exact) mass is 269 g/mol. The van der Waals surface area contributed by atoms with E-state index in [1.165, 1.54) is 0 Å². The predicted molar refractivity (Wildman–Crippen MR) is 73.0 cm³/mol. The molecule has 0 bridgehead atoms. The third kappa shape index (κ3) is 3.12. The predicted octanol–water partition coefficient (Wildman–Crippen LogP) is 2.83. The van der Waals surface area contributed by atoms with E-state index in [0.717, 1.165) is 30.9 Å². The van der Waals surface area contributed by atoms with Crippen molar-refractivity contribution in [3.05, 3.63) is 17.0 Å². The Morgan fingerprint density at radius 2 is 2.22 bits per heavy atom. The summed E-state index contributed by atoms with van der Waals surface area (Å²) in [6.07, 6.45) is 3.30. The molecule has 0 radical (unpaired) electrons. The summed E-state index contributed by atoms with van der Waals surface area (Å²) < 4.78 is 0. The molecule has 2 atom stereocenters. The molecule has 2 rings (SSSR count). The van der Waals surface area contributed by atoms with E-state index in [0.29, 0.717) is 17.1 Å². The molecule has 0 spiro atoms. The molecule has 0 aliphatic heterocycles. The van der Waals surface area contributed by atoms with Crippen LogP contribution in [-0.4, -0.2) is 27.7 Å². The highest BCUT2D eigenvalue weighted by atomic mass is 35.5. The fourth-order valence-corrected chi connectivity index (χ4v) is 2.59. The Balaban J connectivity index is 2.13. The molecule has 1 saturated carbocycles. The summed E-state index contributed by atoms with van der Waals surface area (Å²) >= 11 is 6.01. The number of aliphatic hydroxyl groups excluding tert-OH is 1. The molecule has 1 aromatic heterocycles. The molecule has 1 heterocycles. The number of nitrogens with one attached hydrogen (secondary N) is 1. The van der Waals surface area contributed by atoms with Gasteiger partial charge >= 0.3 is 0 Å². The molecule has 5 heteroatoms. The van der Waals surface area contributed by atoms with Crippen LogP contribution in [-0.2, 0) is 0 Å². The van der Waals surface area contributed by atoms with Crippen LogP contribution in [0.25, 0.3) is 0 Å². The summed E-state index contributed by atoms with van der Waals surface area (Å²) in [7, 11) is 0. The summed E-state index contributed by atoms with van der Waals surface area (Å²) in [5.74, 6) is 2.09. The quantitative estimate of drug-likeness (QED) is 0.826. The molecule has 2 N–H and O–H groups in total. The van der Waals surface area contributed by atoms with E-state index in [4.69, 9.17) is 11.6 Å². The minimum absolute atomic E-state index is 0.230. The molecule has 1 aromatic rings. The SMILES string of the molecule is CC(C)c1nc(Cl)cc(NC2CCCC2CO)n1. The van der Waals surface area contributed by atoms with Crippen molar-refractivity contribution in [3.63, 3.8) is 0 Å². The lowest BCUT2D eigenvalue weighted by Gasteiger charge is -2.20. The van der Waals surface area contributed by atoms with Gasteiger partial charge in [0.1, 0.15) is 16.8 Å². The van der Waals surface area contributed by atoms with Crippen LogP contribution in [0, 0.1) is 5.92 Å². The van der Waals surface area contributed by atoms with Gasteiger partial charge in [-0.2, -0.15) is 0 Å². The summed E-state index contributed by atoms with van der Waals surface area (Å²) in [6.45, 7) is 4.32. The Labute approximate surface area is 113 Å². The number of aliphatic hydroxyl groups is 1. The first-order valence-corrected chi connectivity index (χ1v) is 6.90. The smallest absolute Gasteiger partial charge is 0.135 e. The number of anilines is 1. The molecule has 0 amide bonds. The number of aromatic nitrogens is 2.